The van der Waals surface area contributed by atoms with Crippen LogP contribution in [0, 0.1) is 6.92 Å². The molecule has 1 atom stereocenters. The summed E-state index contributed by atoms with van der Waals surface area (Å²) in [6.45, 7) is 4.79. The van der Waals surface area contributed by atoms with Gasteiger partial charge in [-0.2, -0.15) is 0 Å². The van der Waals surface area contributed by atoms with Crippen LogP contribution in [0.5, 0.6) is 0 Å². The second kappa shape index (κ2) is 6.38. The first-order chi connectivity index (χ1) is 9.61. The average molecular weight is 276 g/mol. The number of urea groups is 1. The monoisotopic (exact) mass is 276 g/mol. The van der Waals surface area contributed by atoms with Crippen molar-refractivity contribution in [1.29, 1.82) is 0 Å². The van der Waals surface area contributed by atoms with Gasteiger partial charge >= 0.3 is 6.03 Å². The minimum Gasteiger partial charge on any atom is -0.394 e. The molecule has 0 aliphatic heterocycles. The summed E-state index contributed by atoms with van der Waals surface area (Å²) in [4.78, 5) is 16.0. The lowest BCUT2D eigenvalue weighted by atomic mass is 10.3. The summed E-state index contributed by atoms with van der Waals surface area (Å²) < 4.78 is 2.07. The highest BCUT2D eigenvalue weighted by atomic mass is 16.3. The molecule has 6 nitrogen and oxygen atoms in total. The highest BCUT2D eigenvalue weighted by molar-refractivity contribution is 5.76. The van der Waals surface area contributed by atoms with E-state index in [0.717, 1.165) is 16.9 Å². The van der Waals surface area contributed by atoms with Crippen molar-refractivity contribution in [1.82, 2.24) is 20.2 Å². The van der Waals surface area contributed by atoms with E-state index in [1.165, 1.54) is 0 Å². The number of rotatable bonds is 5. The van der Waals surface area contributed by atoms with Crippen molar-refractivity contribution < 1.29 is 9.90 Å². The predicted octanol–water partition coefficient (Wildman–Crippen LogP) is 1.02. The van der Waals surface area contributed by atoms with E-state index in [4.69, 9.17) is 5.11 Å². The fourth-order valence-corrected chi connectivity index (χ4v) is 2.08. The third kappa shape index (κ3) is 3.27. The Morgan fingerprint density at radius 2 is 2.20 bits per heavy atom. The van der Waals surface area contributed by atoms with Crippen LogP contribution in [-0.2, 0) is 6.54 Å². The number of fused-ring (bicyclic) bond motifs is 1. The molecule has 1 heterocycles. The van der Waals surface area contributed by atoms with E-state index in [2.05, 4.69) is 20.2 Å². The molecule has 0 aliphatic rings. The minimum absolute atomic E-state index is 0.0707. The zero-order chi connectivity index (χ0) is 14.5. The number of para-hydroxylation sites is 2. The van der Waals surface area contributed by atoms with Crippen molar-refractivity contribution in [2.24, 2.45) is 0 Å². The summed E-state index contributed by atoms with van der Waals surface area (Å²) in [6, 6.07) is 7.41. The maximum atomic E-state index is 11.5. The van der Waals surface area contributed by atoms with Crippen LogP contribution >= 0.6 is 0 Å². The summed E-state index contributed by atoms with van der Waals surface area (Å²) in [6.07, 6.45) is 0. The van der Waals surface area contributed by atoms with Crippen LogP contribution in [0.2, 0.25) is 0 Å². The number of imidazole rings is 1. The summed E-state index contributed by atoms with van der Waals surface area (Å²) in [7, 11) is 0. The topological polar surface area (TPSA) is 79.2 Å². The van der Waals surface area contributed by atoms with Gasteiger partial charge < -0.3 is 20.3 Å². The van der Waals surface area contributed by atoms with Crippen LogP contribution in [0.25, 0.3) is 11.0 Å². The molecule has 0 unspecified atom stereocenters. The maximum absolute atomic E-state index is 11.5. The molecule has 1 aromatic heterocycles. The first kappa shape index (κ1) is 14.3. The third-order valence-electron chi connectivity index (χ3n) is 3.12. The van der Waals surface area contributed by atoms with E-state index in [1.807, 2.05) is 31.2 Å². The van der Waals surface area contributed by atoms with Crippen molar-refractivity contribution >= 4 is 17.1 Å². The largest absolute Gasteiger partial charge is 0.394 e. The number of aliphatic hydroxyl groups excluding tert-OH is 1. The highest BCUT2D eigenvalue weighted by Crippen LogP contribution is 2.14. The summed E-state index contributed by atoms with van der Waals surface area (Å²) in [5.41, 5.74) is 2.03. The molecule has 6 heteroatoms. The molecule has 0 radical (unpaired) electrons. The molecule has 20 heavy (non-hydrogen) atoms. The Balaban J connectivity index is 1.93. The molecule has 0 bridgehead atoms. The van der Waals surface area contributed by atoms with E-state index in [1.54, 1.807) is 6.92 Å². The standard InChI is InChI=1S/C14H20N4O2/c1-10(9-19)16-14(20)15-7-8-18-11(2)17-12-5-3-4-6-13(12)18/h3-6,10,19H,7-9H2,1-2H3,(H2,15,16,20)/t10-/m0/s1. The Morgan fingerprint density at radius 3 is 2.95 bits per heavy atom. The Morgan fingerprint density at radius 1 is 1.45 bits per heavy atom. The summed E-state index contributed by atoms with van der Waals surface area (Å²) in [5.74, 6) is 0.928. The van der Waals surface area contributed by atoms with Gasteiger partial charge in [0.1, 0.15) is 5.82 Å². The number of benzene rings is 1. The first-order valence-corrected chi connectivity index (χ1v) is 6.69. The van der Waals surface area contributed by atoms with Gasteiger partial charge in [-0.1, -0.05) is 12.1 Å². The Bertz CT molecular complexity index is 594. The number of aromatic nitrogens is 2. The Labute approximate surface area is 117 Å². The molecule has 108 valence electrons. The molecule has 1 aromatic carbocycles. The van der Waals surface area contributed by atoms with Crippen molar-refractivity contribution in [3.05, 3.63) is 30.1 Å². The van der Waals surface area contributed by atoms with Crippen LogP contribution in [-0.4, -0.2) is 39.9 Å². The number of nitrogens with one attached hydrogen (secondary N) is 2. The van der Waals surface area contributed by atoms with Gasteiger partial charge in [0.25, 0.3) is 0 Å². The van der Waals surface area contributed by atoms with Crippen molar-refractivity contribution in [3.8, 4) is 0 Å². The molecule has 0 saturated heterocycles. The Hall–Kier alpha value is -2.08. The lowest BCUT2D eigenvalue weighted by Gasteiger charge is -2.12. The number of carbonyl (C=O) groups excluding carboxylic acids is 1. The van der Waals surface area contributed by atoms with E-state index in [0.29, 0.717) is 13.1 Å². The van der Waals surface area contributed by atoms with Crippen LogP contribution < -0.4 is 10.6 Å². The zero-order valence-electron chi connectivity index (χ0n) is 11.8. The fourth-order valence-electron chi connectivity index (χ4n) is 2.08. The van der Waals surface area contributed by atoms with Gasteiger partial charge in [0.05, 0.1) is 23.7 Å². The molecule has 2 rings (SSSR count). The Kier molecular flexibility index (Phi) is 4.57. The summed E-state index contributed by atoms with van der Waals surface area (Å²) in [5, 5.41) is 14.3. The molecule has 0 saturated carbocycles. The number of hydrogen-bond acceptors (Lipinski definition) is 3. The van der Waals surface area contributed by atoms with Gasteiger partial charge in [0.2, 0.25) is 0 Å². The fraction of sp³-hybridized carbons (Fsp3) is 0.429. The van der Waals surface area contributed by atoms with Gasteiger partial charge in [-0.15, -0.1) is 0 Å². The van der Waals surface area contributed by atoms with Crippen molar-refractivity contribution in [3.63, 3.8) is 0 Å². The highest BCUT2D eigenvalue weighted by Gasteiger charge is 2.08. The number of amides is 2. The smallest absolute Gasteiger partial charge is 0.315 e. The molecule has 3 N–H and O–H groups in total. The quantitative estimate of drug-likeness (QED) is 0.763. The van der Waals surface area contributed by atoms with E-state index in [-0.39, 0.29) is 18.7 Å². The molecular formula is C14H20N4O2. The maximum Gasteiger partial charge on any atom is 0.315 e. The molecule has 2 amide bonds. The number of carbonyl (C=O) groups is 1. The molecular weight excluding hydrogens is 256 g/mol. The third-order valence-corrected chi connectivity index (χ3v) is 3.12. The number of aliphatic hydroxyl groups is 1. The van der Waals surface area contributed by atoms with Gasteiger partial charge in [0.15, 0.2) is 0 Å². The normalized spacial score (nSPS) is 12.3. The first-order valence-electron chi connectivity index (χ1n) is 6.69. The van der Waals surface area contributed by atoms with Crippen molar-refractivity contribution in [2.75, 3.05) is 13.2 Å². The molecule has 0 spiro atoms. The van der Waals surface area contributed by atoms with Gasteiger partial charge in [-0.05, 0) is 26.0 Å². The number of hydrogen-bond donors (Lipinski definition) is 3. The summed E-state index contributed by atoms with van der Waals surface area (Å²) >= 11 is 0. The second-order valence-corrected chi connectivity index (χ2v) is 4.78. The molecule has 2 aromatic rings. The lowest BCUT2D eigenvalue weighted by Crippen LogP contribution is -2.43. The minimum atomic E-state index is -0.270. The predicted molar refractivity (Wildman–Crippen MR) is 77.6 cm³/mol. The van der Waals surface area contributed by atoms with Crippen LogP contribution in [0.1, 0.15) is 12.7 Å². The van der Waals surface area contributed by atoms with Crippen molar-refractivity contribution in [2.45, 2.75) is 26.4 Å². The number of aryl methyl sites for hydroxylation is 1. The SMILES string of the molecule is Cc1nc2ccccc2n1CCNC(=O)N[C@@H](C)CO. The molecule has 0 aliphatic carbocycles. The zero-order valence-corrected chi connectivity index (χ0v) is 11.8. The lowest BCUT2D eigenvalue weighted by molar-refractivity contribution is 0.220. The van der Waals surface area contributed by atoms with Gasteiger partial charge in [-0.3, -0.25) is 0 Å². The van der Waals surface area contributed by atoms with E-state index >= 15 is 0 Å². The second-order valence-electron chi connectivity index (χ2n) is 4.78. The van der Waals surface area contributed by atoms with Crippen LogP contribution in [0.3, 0.4) is 0 Å². The molecule has 0 fully saturated rings. The van der Waals surface area contributed by atoms with E-state index in [9.17, 15) is 4.79 Å². The van der Waals surface area contributed by atoms with E-state index < -0.39 is 0 Å². The van der Waals surface area contributed by atoms with Crippen LogP contribution in [0.15, 0.2) is 24.3 Å². The van der Waals surface area contributed by atoms with Crippen LogP contribution in [0.4, 0.5) is 4.79 Å². The van der Waals surface area contributed by atoms with Gasteiger partial charge in [-0.25, -0.2) is 9.78 Å². The average Bonchev–Trinajstić information content (AvgIpc) is 2.75. The number of nitrogens with zero attached hydrogens (tertiary/aromatic N) is 2. The van der Waals surface area contributed by atoms with Gasteiger partial charge in [0, 0.05) is 13.1 Å².